The van der Waals surface area contributed by atoms with Crippen LogP contribution in [0.3, 0.4) is 0 Å². The zero-order chi connectivity index (χ0) is 29.4. The molecule has 0 atom stereocenters. The van der Waals surface area contributed by atoms with E-state index >= 15 is 0 Å². The normalized spacial score (nSPS) is 17.8. The minimum absolute atomic E-state index is 0.105. The molecule has 42 heavy (non-hydrogen) atoms. The number of likely N-dealkylation sites (tertiary alicyclic amines) is 1. The van der Waals surface area contributed by atoms with Gasteiger partial charge in [-0.2, -0.15) is 0 Å². The van der Waals surface area contributed by atoms with Gasteiger partial charge >= 0.3 is 5.97 Å². The van der Waals surface area contributed by atoms with Crippen molar-refractivity contribution in [2.45, 2.75) is 70.9 Å². The van der Waals surface area contributed by atoms with Crippen LogP contribution in [0.15, 0.2) is 36.4 Å². The molecule has 6 rings (SSSR count). The Hall–Kier alpha value is -3.85. The number of aromatic nitrogens is 2. The van der Waals surface area contributed by atoms with Gasteiger partial charge in [-0.05, 0) is 86.9 Å². The van der Waals surface area contributed by atoms with Crippen LogP contribution in [-0.4, -0.2) is 69.0 Å². The average Bonchev–Trinajstić information content (AvgIpc) is 3.84. The van der Waals surface area contributed by atoms with Gasteiger partial charge in [-0.3, -0.25) is 14.7 Å². The number of piperidine rings is 1. The van der Waals surface area contributed by atoms with Gasteiger partial charge in [0.25, 0.3) is 5.91 Å². The molecule has 2 aromatic heterocycles. The fourth-order valence-corrected chi connectivity index (χ4v) is 6.36. The Morgan fingerprint density at radius 1 is 1.05 bits per heavy atom. The predicted molar refractivity (Wildman–Crippen MR) is 156 cm³/mol. The summed E-state index contributed by atoms with van der Waals surface area (Å²) in [5, 5.41) is 9.64. The number of rotatable bonds is 9. The van der Waals surface area contributed by atoms with Crippen molar-refractivity contribution in [2.24, 2.45) is 0 Å². The van der Waals surface area contributed by atoms with Gasteiger partial charge in [0.1, 0.15) is 5.82 Å². The van der Waals surface area contributed by atoms with E-state index in [-0.39, 0.29) is 23.3 Å². The van der Waals surface area contributed by atoms with E-state index in [1.807, 2.05) is 18.7 Å². The number of carboxylic acid groups (broad SMARTS) is 1. The highest BCUT2D eigenvalue weighted by Crippen LogP contribution is 2.45. The number of aryl methyl sites for hydroxylation is 1. The Labute approximate surface area is 245 Å². The lowest BCUT2D eigenvalue weighted by Crippen LogP contribution is -2.50. The third kappa shape index (κ3) is 5.62. The number of carbonyl (C=O) groups is 2. The van der Waals surface area contributed by atoms with Crippen LogP contribution in [0, 0.1) is 5.82 Å². The Bertz CT molecular complexity index is 1500. The second-order valence-electron chi connectivity index (χ2n) is 11.5. The molecule has 3 aromatic rings. The number of hydrogen-bond donors (Lipinski definition) is 1. The van der Waals surface area contributed by atoms with E-state index in [9.17, 15) is 19.1 Å². The van der Waals surface area contributed by atoms with Crippen molar-refractivity contribution in [2.75, 3.05) is 26.2 Å². The highest BCUT2D eigenvalue weighted by atomic mass is 19.1. The van der Waals surface area contributed by atoms with Gasteiger partial charge in [0.15, 0.2) is 0 Å². The SMILES string of the molecule is CCOc1nc(-c2ccc(F)cc2)c(C2CC2)cc1CN1CCC(N2CCc3nc(CC)c(C(=O)O)cc3C2=O)CC1. The second-order valence-corrected chi connectivity index (χ2v) is 11.5. The summed E-state index contributed by atoms with van der Waals surface area (Å²) in [5.74, 6) is -0.327. The maximum Gasteiger partial charge on any atom is 0.337 e. The smallest absolute Gasteiger partial charge is 0.337 e. The molecular weight excluding hydrogens is 535 g/mol. The van der Waals surface area contributed by atoms with Gasteiger partial charge in [-0.1, -0.05) is 6.92 Å². The van der Waals surface area contributed by atoms with Crippen molar-refractivity contribution in [1.29, 1.82) is 0 Å². The summed E-state index contributed by atoms with van der Waals surface area (Å²) in [5.41, 5.74) is 5.83. The quantitative estimate of drug-likeness (QED) is 0.363. The molecule has 4 heterocycles. The highest BCUT2D eigenvalue weighted by molar-refractivity contribution is 5.99. The zero-order valence-electron chi connectivity index (χ0n) is 24.2. The monoisotopic (exact) mass is 572 g/mol. The van der Waals surface area contributed by atoms with Crippen LogP contribution in [0.4, 0.5) is 4.39 Å². The van der Waals surface area contributed by atoms with Gasteiger partial charge < -0.3 is 14.7 Å². The first kappa shape index (κ1) is 28.3. The predicted octanol–water partition coefficient (Wildman–Crippen LogP) is 5.48. The number of amides is 1. The molecule has 0 radical (unpaired) electrons. The standard InChI is InChI=1S/C33H37FN4O4/c1-3-28-27(33(40)41)18-26-29(35-28)13-16-38(32(26)39)24-11-14-37(15-12-24)19-22-17-25(20-5-6-20)30(36-31(22)42-4-2)21-7-9-23(34)10-8-21/h7-10,17-18,20,24H,3-6,11-16,19H2,1-2H3,(H,40,41). The first-order valence-corrected chi connectivity index (χ1v) is 15.1. The molecule has 3 aliphatic rings. The Balaban J connectivity index is 1.17. The molecule has 0 spiro atoms. The maximum absolute atomic E-state index is 13.6. The Morgan fingerprint density at radius 2 is 1.79 bits per heavy atom. The van der Waals surface area contributed by atoms with Crippen molar-refractivity contribution in [3.63, 3.8) is 0 Å². The number of fused-ring (bicyclic) bond motifs is 1. The molecule has 1 aromatic carbocycles. The second kappa shape index (κ2) is 11.8. The van der Waals surface area contributed by atoms with Gasteiger partial charge in [0.05, 0.1) is 34.8 Å². The Morgan fingerprint density at radius 3 is 2.43 bits per heavy atom. The summed E-state index contributed by atoms with van der Waals surface area (Å²) >= 11 is 0. The van der Waals surface area contributed by atoms with Gasteiger partial charge in [-0.15, -0.1) is 0 Å². The largest absolute Gasteiger partial charge is 0.478 e. The van der Waals surface area contributed by atoms with E-state index in [0.29, 0.717) is 61.3 Å². The van der Waals surface area contributed by atoms with Crippen molar-refractivity contribution in [1.82, 2.24) is 19.8 Å². The summed E-state index contributed by atoms with van der Waals surface area (Å²) in [6, 6.07) is 10.4. The molecule has 8 nitrogen and oxygen atoms in total. The molecule has 2 fully saturated rings. The molecule has 1 saturated heterocycles. The summed E-state index contributed by atoms with van der Waals surface area (Å²) in [6.45, 7) is 7.32. The highest BCUT2D eigenvalue weighted by Gasteiger charge is 2.35. The van der Waals surface area contributed by atoms with Crippen molar-refractivity contribution >= 4 is 11.9 Å². The number of nitrogens with zero attached hydrogens (tertiary/aromatic N) is 4. The molecule has 0 bridgehead atoms. The van der Waals surface area contributed by atoms with Gasteiger partial charge in [0.2, 0.25) is 5.88 Å². The van der Waals surface area contributed by atoms with Crippen LogP contribution in [-0.2, 0) is 19.4 Å². The van der Waals surface area contributed by atoms with E-state index in [2.05, 4.69) is 16.0 Å². The minimum Gasteiger partial charge on any atom is -0.478 e. The molecule has 0 unspecified atom stereocenters. The summed E-state index contributed by atoms with van der Waals surface area (Å²) in [6.07, 6.45) is 5.10. The molecule has 1 aliphatic carbocycles. The number of hydrogen-bond acceptors (Lipinski definition) is 6. The molecular formula is C33H37FN4O4. The number of halogens is 1. The summed E-state index contributed by atoms with van der Waals surface area (Å²) in [7, 11) is 0. The fourth-order valence-electron chi connectivity index (χ4n) is 6.36. The van der Waals surface area contributed by atoms with Crippen molar-refractivity contribution < 1.29 is 23.8 Å². The van der Waals surface area contributed by atoms with Crippen LogP contribution < -0.4 is 4.74 Å². The molecule has 1 amide bonds. The third-order valence-electron chi connectivity index (χ3n) is 8.73. The lowest BCUT2D eigenvalue weighted by atomic mass is 9.95. The van der Waals surface area contributed by atoms with Gasteiger partial charge in [0, 0.05) is 49.8 Å². The lowest BCUT2D eigenvalue weighted by Gasteiger charge is -2.40. The van der Waals surface area contributed by atoms with Crippen LogP contribution in [0.25, 0.3) is 11.3 Å². The molecule has 2 aliphatic heterocycles. The number of ether oxygens (including phenoxy) is 1. The summed E-state index contributed by atoms with van der Waals surface area (Å²) < 4.78 is 19.6. The van der Waals surface area contributed by atoms with Gasteiger partial charge in [-0.25, -0.2) is 14.2 Å². The van der Waals surface area contributed by atoms with Crippen molar-refractivity contribution in [3.05, 3.63) is 75.9 Å². The number of carboxylic acids is 1. The number of benzene rings is 1. The van der Waals surface area contributed by atoms with Crippen LogP contribution in [0.1, 0.15) is 88.7 Å². The number of pyridine rings is 2. The molecule has 9 heteroatoms. The average molecular weight is 573 g/mol. The van der Waals surface area contributed by atoms with Crippen LogP contribution in [0.5, 0.6) is 5.88 Å². The minimum atomic E-state index is -1.04. The lowest BCUT2D eigenvalue weighted by molar-refractivity contribution is 0.0543. The zero-order valence-corrected chi connectivity index (χ0v) is 24.2. The van der Waals surface area contributed by atoms with Crippen LogP contribution >= 0.6 is 0 Å². The first-order valence-electron chi connectivity index (χ1n) is 15.1. The molecule has 220 valence electrons. The van der Waals surface area contributed by atoms with E-state index in [1.165, 1.54) is 23.8 Å². The fraction of sp³-hybridized carbons (Fsp3) is 0.455. The van der Waals surface area contributed by atoms with E-state index in [1.54, 1.807) is 12.1 Å². The van der Waals surface area contributed by atoms with Crippen molar-refractivity contribution in [3.8, 4) is 17.1 Å². The Kier molecular flexibility index (Phi) is 7.94. The van der Waals surface area contributed by atoms with E-state index in [0.717, 1.165) is 55.6 Å². The third-order valence-corrected chi connectivity index (χ3v) is 8.73. The first-order chi connectivity index (χ1) is 20.4. The topological polar surface area (TPSA) is 95.9 Å². The number of aromatic carboxylic acids is 1. The van der Waals surface area contributed by atoms with E-state index < -0.39 is 5.97 Å². The molecule has 1 saturated carbocycles. The maximum atomic E-state index is 13.6. The van der Waals surface area contributed by atoms with Crippen LogP contribution in [0.2, 0.25) is 0 Å². The van der Waals surface area contributed by atoms with E-state index in [4.69, 9.17) is 9.72 Å². The number of carbonyl (C=O) groups excluding carboxylic acids is 1. The molecule has 1 N–H and O–H groups in total. The summed E-state index contributed by atoms with van der Waals surface area (Å²) in [4.78, 5) is 39.1.